The number of aromatic nitrogens is 5. The Morgan fingerprint density at radius 1 is 0.966 bits per heavy atom. The second-order valence-corrected chi connectivity index (χ2v) is 20.3. The molecule has 1 aromatic carbocycles. The van der Waals surface area contributed by atoms with E-state index in [1.807, 2.05) is 63.4 Å². The maximum Gasteiger partial charge on any atom is 0.358 e. The van der Waals surface area contributed by atoms with Gasteiger partial charge in [0.15, 0.2) is 16.5 Å². The highest BCUT2D eigenvalue weighted by molar-refractivity contribution is 7.22. The molecule has 4 aromatic heterocycles. The van der Waals surface area contributed by atoms with Crippen LogP contribution in [0.4, 0.5) is 10.9 Å². The summed E-state index contributed by atoms with van der Waals surface area (Å²) in [4.78, 5) is 43.8. The van der Waals surface area contributed by atoms with E-state index in [2.05, 4.69) is 51.7 Å². The smallest absolute Gasteiger partial charge is 0.358 e. The number of ether oxygens (including phenoxy) is 2. The number of hydrogen-bond acceptors (Lipinski definition) is 11. The first-order valence-corrected chi connectivity index (χ1v) is 21.4. The zero-order chi connectivity index (χ0) is 40.7. The molecule has 1 amide bonds. The summed E-state index contributed by atoms with van der Waals surface area (Å²) >= 11 is 1.40. The number of nitrogens with one attached hydrogen (secondary N) is 1. The molecule has 2 atom stereocenters. The van der Waals surface area contributed by atoms with Crippen molar-refractivity contribution in [3.05, 3.63) is 82.9 Å². The summed E-state index contributed by atoms with van der Waals surface area (Å²) in [6.07, 6.45) is 11.0. The topological polar surface area (TPSA) is 150 Å². The first-order chi connectivity index (χ1) is 27.6. The highest BCUT2D eigenvalue weighted by atomic mass is 32.1. The predicted octanol–water partition coefficient (Wildman–Crippen LogP) is 8.12. The van der Waals surface area contributed by atoms with Gasteiger partial charge in [-0.1, -0.05) is 37.3 Å². The molecule has 0 spiro atoms. The number of amides is 1. The Bertz CT molecular complexity index is 2380. The number of fused-ring (bicyclic) bond motifs is 2. The molecule has 58 heavy (non-hydrogen) atoms. The lowest BCUT2D eigenvalue weighted by Crippen LogP contribution is -2.64. The Kier molecular flexibility index (Phi) is 9.33. The van der Waals surface area contributed by atoms with E-state index >= 15 is 0 Å². The van der Waals surface area contributed by atoms with E-state index in [1.54, 1.807) is 6.20 Å². The van der Waals surface area contributed by atoms with Crippen LogP contribution in [0.5, 0.6) is 0 Å². The van der Waals surface area contributed by atoms with Crippen LogP contribution in [-0.4, -0.2) is 67.5 Å². The van der Waals surface area contributed by atoms with E-state index < -0.39 is 11.6 Å². The van der Waals surface area contributed by atoms with Crippen LogP contribution in [-0.2, 0) is 29.0 Å². The fraction of sp³-hybridized carbons (Fsp3) is 0.511. The number of rotatable bonds is 10. The molecular weight excluding hydrogens is 749 g/mol. The SMILES string of the molecule is Cc1c(-c2ccc(N3CCc4cccc(C(=O)Nc5nc6ncccc6s5)c4C3)nc2C(=O)OC(C)(C)C)cnn1CC12CC3(C)CC(C)(C1)CC(OCCN)(C3)C2. The van der Waals surface area contributed by atoms with Crippen molar-refractivity contribution in [3.8, 4) is 11.1 Å². The summed E-state index contributed by atoms with van der Waals surface area (Å²) in [6, 6.07) is 13.6. The zero-order valence-corrected chi connectivity index (χ0v) is 35.3. The summed E-state index contributed by atoms with van der Waals surface area (Å²) in [5.74, 6) is -0.0659. The van der Waals surface area contributed by atoms with E-state index in [4.69, 9.17) is 25.3 Å². The van der Waals surface area contributed by atoms with Gasteiger partial charge in [0.25, 0.3) is 5.91 Å². The number of carbonyl (C=O) groups is 2. The lowest BCUT2D eigenvalue weighted by atomic mass is 9.39. The Labute approximate surface area is 343 Å². The van der Waals surface area contributed by atoms with Crippen molar-refractivity contribution in [1.29, 1.82) is 0 Å². The number of esters is 1. The maximum absolute atomic E-state index is 14.1. The van der Waals surface area contributed by atoms with Crippen molar-refractivity contribution in [3.63, 3.8) is 0 Å². The third kappa shape index (κ3) is 7.19. The third-order valence-corrected chi connectivity index (χ3v) is 13.7. The van der Waals surface area contributed by atoms with Crippen molar-refractivity contribution < 1.29 is 19.1 Å². The molecular formula is C45H54N8O4S. The standard InChI is InChI=1S/C45H54N8O4S/c1-28-32(19-48-53(28)27-44-22-42(5)21-43(6,23-44)25-45(24-42,26-44)56-18-15-46)30-12-13-35(49-36(30)39(55)57-41(2,3)4)52-17-14-29-9-7-10-31(33(29)20-52)38(54)51-40-50-37-34(58-40)11-8-16-47-37/h7-13,16,19H,14-15,17-18,20-27,46H2,1-6H3,(H,47,50,51,54). The lowest BCUT2D eigenvalue weighted by Gasteiger charge is -2.69. The normalized spacial score (nSPS) is 26.2. The number of carbonyl (C=O) groups excluding carboxylic acids is 2. The van der Waals surface area contributed by atoms with Gasteiger partial charge in [-0.25, -0.2) is 14.8 Å². The van der Waals surface area contributed by atoms with E-state index in [1.165, 1.54) is 17.8 Å². The van der Waals surface area contributed by atoms with E-state index in [9.17, 15) is 9.59 Å². The monoisotopic (exact) mass is 802 g/mol. The summed E-state index contributed by atoms with van der Waals surface area (Å²) in [5.41, 5.74) is 11.6. The highest BCUT2D eigenvalue weighted by Crippen LogP contribution is 2.72. The summed E-state index contributed by atoms with van der Waals surface area (Å²) < 4.78 is 15.7. The second kappa shape index (κ2) is 13.9. The van der Waals surface area contributed by atoms with Crippen LogP contribution in [0.3, 0.4) is 0 Å². The van der Waals surface area contributed by atoms with Crippen LogP contribution in [0.2, 0.25) is 0 Å². The van der Waals surface area contributed by atoms with Gasteiger partial charge in [-0.2, -0.15) is 10.1 Å². The van der Waals surface area contributed by atoms with Crippen molar-refractivity contribution in [2.75, 3.05) is 29.9 Å². The van der Waals surface area contributed by atoms with E-state index in [0.717, 1.165) is 72.2 Å². The first-order valence-electron chi connectivity index (χ1n) is 20.6. The molecule has 4 aliphatic carbocycles. The van der Waals surface area contributed by atoms with Crippen LogP contribution in [0.1, 0.15) is 111 Å². The molecule has 2 unspecified atom stereocenters. The van der Waals surface area contributed by atoms with Gasteiger partial charge >= 0.3 is 5.97 Å². The minimum atomic E-state index is -0.719. The van der Waals surface area contributed by atoms with Crippen LogP contribution in [0.25, 0.3) is 21.5 Å². The van der Waals surface area contributed by atoms with Gasteiger partial charge in [-0.15, -0.1) is 0 Å². The van der Waals surface area contributed by atoms with Gasteiger partial charge < -0.3 is 20.1 Å². The van der Waals surface area contributed by atoms with E-state index in [0.29, 0.717) is 54.0 Å². The lowest BCUT2D eigenvalue weighted by molar-refractivity contribution is -0.247. The fourth-order valence-corrected chi connectivity index (χ4v) is 12.7. The number of thiazole rings is 1. The molecule has 5 heterocycles. The van der Waals surface area contributed by atoms with Crippen LogP contribution in [0, 0.1) is 23.2 Å². The molecule has 4 saturated carbocycles. The minimum absolute atomic E-state index is 0.0584. The average molecular weight is 803 g/mol. The van der Waals surface area contributed by atoms with Gasteiger partial charge in [0.1, 0.15) is 11.4 Å². The Hall–Kier alpha value is -4.72. The van der Waals surface area contributed by atoms with Gasteiger partial charge in [-0.05, 0) is 130 Å². The van der Waals surface area contributed by atoms with Crippen molar-refractivity contribution >= 4 is 44.5 Å². The predicted molar refractivity (Wildman–Crippen MR) is 226 cm³/mol. The molecule has 12 nitrogen and oxygen atoms in total. The number of nitrogens with two attached hydrogens (primary N) is 1. The van der Waals surface area contributed by atoms with Crippen LogP contribution < -0.4 is 16.0 Å². The molecule has 5 aliphatic rings. The first kappa shape index (κ1) is 38.8. The van der Waals surface area contributed by atoms with Gasteiger partial charge in [0.2, 0.25) is 0 Å². The van der Waals surface area contributed by atoms with Crippen LogP contribution in [0.15, 0.2) is 54.9 Å². The second-order valence-electron chi connectivity index (χ2n) is 19.3. The summed E-state index contributed by atoms with van der Waals surface area (Å²) in [6.45, 7) is 15.7. The third-order valence-electron chi connectivity index (χ3n) is 12.8. The van der Waals surface area contributed by atoms with Crippen molar-refractivity contribution in [1.82, 2.24) is 24.7 Å². The van der Waals surface area contributed by atoms with Crippen molar-refractivity contribution in [2.24, 2.45) is 22.0 Å². The highest BCUT2D eigenvalue weighted by Gasteiger charge is 2.66. The molecule has 5 aromatic rings. The number of benzene rings is 1. The molecule has 13 heteroatoms. The van der Waals surface area contributed by atoms with Crippen LogP contribution >= 0.6 is 11.3 Å². The largest absolute Gasteiger partial charge is 0.455 e. The van der Waals surface area contributed by atoms with Gasteiger partial charge in [0.05, 0.1) is 23.1 Å². The Morgan fingerprint density at radius 2 is 1.76 bits per heavy atom. The number of pyridine rings is 2. The molecule has 304 valence electrons. The summed E-state index contributed by atoms with van der Waals surface area (Å²) in [5, 5.41) is 8.50. The maximum atomic E-state index is 14.1. The molecule has 1 aliphatic heterocycles. The number of anilines is 2. The number of hydrogen-bond donors (Lipinski definition) is 2. The molecule has 4 fully saturated rings. The number of nitrogens with zero attached hydrogens (tertiary/aromatic N) is 6. The zero-order valence-electron chi connectivity index (χ0n) is 34.5. The minimum Gasteiger partial charge on any atom is -0.455 e. The summed E-state index contributed by atoms with van der Waals surface area (Å²) in [7, 11) is 0. The fourth-order valence-electron chi connectivity index (χ4n) is 11.9. The molecule has 3 N–H and O–H groups in total. The molecule has 10 rings (SSSR count). The van der Waals surface area contributed by atoms with E-state index in [-0.39, 0.29) is 33.4 Å². The molecule has 0 saturated heterocycles. The Balaban J connectivity index is 1.01. The van der Waals surface area contributed by atoms with Gasteiger partial charge in [0, 0.05) is 54.8 Å². The Morgan fingerprint density at radius 3 is 2.50 bits per heavy atom. The molecule has 4 bridgehead atoms. The van der Waals surface area contributed by atoms with Gasteiger partial charge in [-0.3, -0.25) is 14.8 Å². The van der Waals surface area contributed by atoms with Crippen molar-refractivity contribution in [2.45, 2.75) is 111 Å². The quantitative estimate of drug-likeness (QED) is 0.133. The molecule has 0 radical (unpaired) electrons. The average Bonchev–Trinajstić information content (AvgIpc) is 3.72.